The van der Waals surface area contributed by atoms with Crippen LogP contribution in [0.5, 0.6) is 5.75 Å². The topological polar surface area (TPSA) is 58.6 Å². The van der Waals surface area contributed by atoms with Gasteiger partial charge in [0.25, 0.3) is 5.91 Å². The zero-order valence-corrected chi connectivity index (χ0v) is 13.4. The summed E-state index contributed by atoms with van der Waals surface area (Å²) in [6, 6.07) is 9.37. The van der Waals surface area contributed by atoms with E-state index in [1.807, 2.05) is 30.3 Å². The second-order valence-electron chi connectivity index (χ2n) is 5.38. The molecule has 0 bridgehead atoms. The maximum absolute atomic E-state index is 12.1. The van der Waals surface area contributed by atoms with Crippen molar-refractivity contribution in [2.45, 2.75) is 31.2 Å². The van der Waals surface area contributed by atoms with Crippen LogP contribution in [0.4, 0.5) is 0 Å². The van der Waals surface area contributed by atoms with Crippen LogP contribution in [-0.2, 0) is 9.59 Å². The van der Waals surface area contributed by atoms with Crippen LogP contribution < -0.4 is 10.1 Å². The molecule has 22 heavy (non-hydrogen) atoms. The fourth-order valence-corrected chi connectivity index (χ4v) is 2.41. The van der Waals surface area contributed by atoms with Crippen LogP contribution in [-0.4, -0.2) is 47.8 Å². The molecule has 6 heteroatoms. The fourth-order valence-electron chi connectivity index (χ4n) is 2.34. The first kappa shape index (κ1) is 16.6. The summed E-state index contributed by atoms with van der Waals surface area (Å²) in [6.45, 7) is 2.94. The van der Waals surface area contributed by atoms with Gasteiger partial charge in [-0.25, -0.2) is 0 Å². The van der Waals surface area contributed by atoms with Gasteiger partial charge in [-0.2, -0.15) is 0 Å². The van der Waals surface area contributed by atoms with Crippen molar-refractivity contribution < 1.29 is 14.3 Å². The van der Waals surface area contributed by atoms with Crippen molar-refractivity contribution in [1.29, 1.82) is 0 Å². The molecule has 2 rings (SSSR count). The van der Waals surface area contributed by atoms with Crippen molar-refractivity contribution in [2.75, 3.05) is 19.7 Å². The summed E-state index contributed by atoms with van der Waals surface area (Å²) in [5.41, 5.74) is 0. The SMILES string of the molecule is CC(Cl)C(=O)NC1CCN(C(=O)COc2ccccc2)CC1. The van der Waals surface area contributed by atoms with Crippen LogP contribution in [0.15, 0.2) is 30.3 Å². The van der Waals surface area contributed by atoms with Gasteiger partial charge in [-0.15, -0.1) is 11.6 Å². The molecule has 1 atom stereocenters. The molecule has 1 saturated heterocycles. The molecular formula is C16H21ClN2O3. The Morgan fingerprint density at radius 1 is 1.32 bits per heavy atom. The Labute approximate surface area is 135 Å². The first-order chi connectivity index (χ1) is 10.6. The number of amides is 2. The molecule has 120 valence electrons. The third kappa shape index (κ3) is 4.91. The predicted octanol–water partition coefficient (Wildman–Crippen LogP) is 1.80. The van der Waals surface area contributed by atoms with Crippen LogP contribution in [0.2, 0.25) is 0 Å². The minimum absolute atomic E-state index is 0.0284. The number of carbonyl (C=O) groups excluding carboxylic acids is 2. The van der Waals surface area contributed by atoms with Crippen molar-refractivity contribution in [1.82, 2.24) is 10.2 Å². The van der Waals surface area contributed by atoms with Crippen LogP contribution in [0, 0.1) is 0 Å². The number of para-hydroxylation sites is 1. The van der Waals surface area contributed by atoms with Gasteiger partial charge in [-0.1, -0.05) is 18.2 Å². The van der Waals surface area contributed by atoms with Gasteiger partial charge < -0.3 is 15.0 Å². The van der Waals surface area contributed by atoms with Crippen molar-refractivity contribution >= 4 is 23.4 Å². The highest BCUT2D eigenvalue weighted by Crippen LogP contribution is 2.13. The molecule has 1 aromatic rings. The number of hydrogen-bond acceptors (Lipinski definition) is 3. The van der Waals surface area contributed by atoms with Crippen LogP contribution in [0.1, 0.15) is 19.8 Å². The smallest absolute Gasteiger partial charge is 0.260 e. The van der Waals surface area contributed by atoms with Crippen LogP contribution in [0.3, 0.4) is 0 Å². The van der Waals surface area contributed by atoms with E-state index in [0.29, 0.717) is 18.8 Å². The van der Waals surface area contributed by atoms with E-state index in [-0.39, 0.29) is 24.5 Å². The standard InChI is InChI=1S/C16H21ClN2O3/c1-12(17)16(21)18-13-7-9-19(10-8-13)15(20)11-22-14-5-3-2-4-6-14/h2-6,12-13H,7-11H2,1H3,(H,18,21). The Morgan fingerprint density at radius 2 is 1.95 bits per heavy atom. The number of hydrogen-bond donors (Lipinski definition) is 1. The average Bonchev–Trinajstić information content (AvgIpc) is 2.54. The van der Waals surface area contributed by atoms with E-state index in [1.165, 1.54) is 0 Å². The second kappa shape index (κ2) is 8.03. The van der Waals surface area contributed by atoms with E-state index in [0.717, 1.165) is 12.8 Å². The number of halogens is 1. The molecular weight excluding hydrogens is 304 g/mol. The third-order valence-corrected chi connectivity index (χ3v) is 3.86. The molecule has 0 aromatic heterocycles. The minimum atomic E-state index is -0.529. The Hall–Kier alpha value is -1.75. The highest BCUT2D eigenvalue weighted by atomic mass is 35.5. The Kier molecular flexibility index (Phi) is 6.07. The first-order valence-electron chi connectivity index (χ1n) is 7.46. The first-order valence-corrected chi connectivity index (χ1v) is 7.90. The fraction of sp³-hybridized carbons (Fsp3) is 0.500. The lowest BCUT2D eigenvalue weighted by Crippen LogP contribution is -2.48. The number of nitrogens with one attached hydrogen (secondary N) is 1. The molecule has 1 unspecified atom stereocenters. The lowest BCUT2D eigenvalue weighted by atomic mass is 10.0. The van der Waals surface area contributed by atoms with Crippen LogP contribution in [0.25, 0.3) is 0 Å². The predicted molar refractivity (Wildman–Crippen MR) is 85.0 cm³/mol. The summed E-state index contributed by atoms with van der Waals surface area (Å²) in [5, 5.41) is 2.37. The molecule has 1 N–H and O–H groups in total. The lowest BCUT2D eigenvalue weighted by molar-refractivity contribution is -0.134. The van der Waals surface area contributed by atoms with Gasteiger partial charge >= 0.3 is 0 Å². The molecule has 1 aliphatic heterocycles. The monoisotopic (exact) mass is 324 g/mol. The Morgan fingerprint density at radius 3 is 2.55 bits per heavy atom. The van der Waals surface area contributed by atoms with Crippen molar-refractivity contribution in [2.24, 2.45) is 0 Å². The number of carbonyl (C=O) groups is 2. The van der Waals surface area contributed by atoms with Crippen LogP contribution >= 0.6 is 11.6 Å². The van der Waals surface area contributed by atoms with E-state index < -0.39 is 5.38 Å². The van der Waals surface area contributed by atoms with Gasteiger partial charge in [0.15, 0.2) is 6.61 Å². The van der Waals surface area contributed by atoms with Gasteiger partial charge in [0.05, 0.1) is 0 Å². The zero-order chi connectivity index (χ0) is 15.9. The van der Waals surface area contributed by atoms with Gasteiger partial charge in [0, 0.05) is 19.1 Å². The third-order valence-electron chi connectivity index (χ3n) is 3.66. The molecule has 2 amide bonds. The quantitative estimate of drug-likeness (QED) is 0.840. The summed E-state index contributed by atoms with van der Waals surface area (Å²) in [7, 11) is 0. The maximum Gasteiger partial charge on any atom is 0.260 e. The number of nitrogens with zero attached hydrogens (tertiary/aromatic N) is 1. The number of likely N-dealkylation sites (tertiary alicyclic amines) is 1. The van der Waals surface area contributed by atoms with Crippen molar-refractivity contribution in [3.63, 3.8) is 0 Å². The summed E-state index contributed by atoms with van der Waals surface area (Å²) < 4.78 is 5.47. The van der Waals surface area contributed by atoms with Gasteiger partial charge in [0.1, 0.15) is 11.1 Å². The number of piperidine rings is 1. The molecule has 1 fully saturated rings. The zero-order valence-electron chi connectivity index (χ0n) is 12.6. The molecule has 5 nitrogen and oxygen atoms in total. The summed E-state index contributed by atoms with van der Waals surface area (Å²) >= 11 is 5.73. The van der Waals surface area contributed by atoms with Crippen molar-refractivity contribution in [3.05, 3.63) is 30.3 Å². The summed E-state index contributed by atoms with van der Waals surface area (Å²) in [5.74, 6) is 0.507. The van der Waals surface area contributed by atoms with Crippen molar-refractivity contribution in [3.8, 4) is 5.75 Å². The van der Waals surface area contributed by atoms with Gasteiger partial charge in [0.2, 0.25) is 5.91 Å². The Bertz CT molecular complexity index is 499. The van der Waals surface area contributed by atoms with E-state index in [1.54, 1.807) is 11.8 Å². The molecule has 1 aromatic carbocycles. The lowest BCUT2D eigenvalue weighted by Gasteiger charge is -2.32. The van der Waals surface area contributed by atoms with E-state index >= 15 is 0 Å². The van der Waals surface area contributed by atoms with E-state index in [4.69, 9.17) is 16.3 Å². The Balaban J connectivity index is 1.72. The summed E-state index contributed by atoms with van der Waals surface area (Å²) in [6.07, 6.45) is 1.48. The molecule has 1 heterocycles. The normalized spacial score (nSPS) is 16.9. The van der Waals surface area contributed by atoms with Gasteiger partial charge in [-0.3, -0.25) is 9.59 Å². The highest BCUT2D eigenvalue weighted by Gasteiger charge is 2.24. The van der Waals surface area contributed by atoms with E-state index in [2.05, 4.69) is 5.32 Å². The summed E-state index contributed by atoms with van der Waals surface area (Å²) in [4.78, 5) is 25.4. The number of alkyl halides is 1. The maximum atomic E-state index is 12.1. The van der Waals surface area contributed by atoms with E-state index in [9.17, 15) is 9.59 Å². The molecule has 0 radical (unpaired) electrons. The number of rotatable bonds is 5. The largest absolute Gasteiger partial charge is 0.484 e. The number of ether oxygens (including phenoxy) is 1. The highest BCUT2D eigenvalue weighted by molar-refractivity contribution is 6.30. The number of benzene rings is 1. The minimum Gasteiger partial charge on any atom is -0.484 e. The molecule has 1 aliphatic rings. The molecule has 0 saturated carbocycles. The molecule has 0 aliphatic carbocycles. The average molecular weight is 325 g/mol. The second-order valence-corrected chi connectivity index (χ2v) is 6.04. The molecule has 0 spiro atoms. The van der Waals surface area contributed by atoms with Gasteiger partial charge in [-0.05, 0) is 31.9 Å².